The summed E-state index contributed by atoms with van der Waals surface area (Å²) in [6.45, 7) is -0.435. The zero-order valence-electron chi connectivity index (χ0n) is 5.65. The lowest BCUT2D eigenvalue weighted by molar-refractivity contribution is -0.152. The molecule has 0 aromatic rings. The molecule has 0 aliphatic rings. The van der Waals surface area contributed by atoms with Gasteiger partial charge in [-0.3, -0.25) is 4.79 Å². The highest BCUT2D eigenvalue weighted by atomic mass is 79.9. The molecule has 0 saturated heterocycles. The Balaban J connectivity index is 3.80. The molecule has 0 aromatic carbocycles. The highest BCUT2D eigenvalue weighted by molar-refractivity contribution is 9.09. The van der Waals surface area contributed by atoms with Gasteiger partial charge in [-0.15, -0.1) is 0 Å². The second-order valence-corrected chi connectivity index (χ2v) is 4.82. The fraction of sp³-hybridized carbons (Fsp3) is 0.600. The number of hydrogen-bond donors (Lipinski definition) is 0. The molecule has 0 N–H and O–H groups in total. The van der Waals surface area contributed by atoms with Crippen LogP contribution in [0.3, 0.4) is 0 Å². The maximum atomic E-state index is 10.6. The summed E-state index contributed by atoms with van der Waals surface area (Å²) in [5, 5.41) is -0.105. The Morgan fingerprint density at radius 2 is 1.83 bits per heavy atom. The first kappa shape index (κ1) is 12.5. The molecule has 0 heterocycles. The van der Waals surface area contributed by atoms with Crippen LogP contribution in [-0.4, -0.2) is 27.5 Å². The van der Waals surface area contributed by atoms with Gasteiger partial charge in [-0.2, -0.15) is 0 Å². The molecule has 12 heavy (non-hydrogen) atoms. The van der Waals surface area contributed by atoms with Gasteiger partial charge in [-0.05, 0) is 0 Å². The molecular formula is C5H4BrCl3O3. The summed E-state index contributed by atoms with van der Waals surface area (Å²) in [5.74, 6) is -1.73. The van der Waals surface area contributed by atoms with Gasteiger partial charge >= 0.3 is 5.97 Å². The first-order valence-electron chi connectivity index (χ1n) is 2.69. The SMILES string of the molecule is O=C(CBr)C(=O)OCC(Cl)(Cl)Cl. The van der Waals surface area contributed by atoms with Crippen molar-refractivity contribution >= 4 is 62.5 Å². The molecule has 7 heteroatoms. The Kier molecular flexibility index (Phi) is 5.48. The summed E-state index contributed by atoms with van der Waals surface area (Å²) in [4.78, 5) is 21.2. The Labute approximate surface area is 92.4 Å². The van der Waals surface area contributed by atoms with Gasteiger partial charge in [-0.1, -0.05) is 50.7 Å². The van der Waals surface area contributed by atoms with E-state index in [-0.39, 0.29) is 5.33 Å². The van der Waals surface area contributed by atoms with Gasteiger partial charge in [0.2, 0.25) is 9.58 Å². The zero-order chi connectivity index (χ0) is 9.78. The molecule has 0 unspecified atom stereocenters. The number of alkyl halides is 4. The summed E-state index contributed by atoms with van der Waals surface area (Å²) in [6, 6.07) is 0. The lowest BCUT2D eigenvalue weighted by atomic mass is 10.5. The lowest BCUT2D eigenvalue weighted by Crippen LogP contribution is -2.23. The van der Waals surface area contributed by atoms with E-state index in [4.69, 9.17) is 34.8 Å². The molecule has 3 nitrogen and oxygen atoms in total. The number of halogens is 4. The van der Waals surface area contributed by atoms with Crippen molar-refractivity contribution in [3.8, 4) is 0 Å². The van der Waals surface area contributed by atoms with Gasteiger partial charge in [0, 0.05) is 0 Å². The maximum Gasteiger partial charge on any atom is 0.375 e. The van der Waals surface area contributed by atoms with E-state index in [2.05, 4.69) is 20.7 Å². The van der Waals surface area contributed by atoms with Crippen molar-refractivity contribution in [2.24, 2.45) is 0 Å². The number of ether oxygens (including phenoxy) is 1. The molecular weight excluding hydrogens is 294 g/mol. The van der Waals surface area contributed by atoms with Crippen molar-refractivity contribution in [3.63, 3.8) is 0 Å². The summed E-state index contributed by atoms with van der Waals surface area (Å²) in [7, 11) is 0. The molecule has 0 spiro atoms. The fourth-order valence-corrected chi connectivity index (χ4v) is 0.675. The number of carbonyl (C=O) groups excluding carboxylic acids is 2. The minimum absolute atomic E-state index is 0.105. The number of Topliss-reactive ketones (excluding diaryl/α,β-unsaturated/α-hetero) is 1. The van der Waals surface area contributed by atoms with Gasteiger partial charge in [-0.25, -0.2) is 4.79 Å². The normalized spacial score (nSPS) is 11.0. The van der Waals surface area contributed by atoms with Gasteiger partial charge in [0.05, 0.1) is 5.33 Å². The third kappa shape index (κ3) is 6.06. The van der Waals surface area contributed by atoms with Crippen LogP contribution in [-0.2, 0) is 14.3 Å². The maximum absolute atomic E-state index is 10.6. The highest BCUT2D eigenvalue weighted by Crippen LogP contribution is 2.25. The zero-order valence-corrected chi connectivity index (χ0v) is 9.50. The van der Waals surface area contributed by atoms with E-state index in [0.717, 1.165) is 0 Å². The van der Waals surface area contributed by atoms with E-state index in [0.29, 0.717) is 0 Å². The summed E-state index contributed by atoms with van der Waals surface area (Å²) in [6.07, 6.45) is 0. The average molecular weight is 298 g/mol. The van der Waals surface area contributed by atoms with Crippen LogP contribution in [0, 0.1) is 0 Å². The second kappa shape index (κ2) is 5.27. The summed E-state index contributed by atoms with van der Waals surface area (Å²) >= 11 is 18.6. The third-order valence-electron chi connectivity index (χ3n) is 0.716. The predicted molar refractivity (Wildman–Crippen MR) is 50.1 cm³/mol. The van der Waals surface area contributed by atoms with Crippen LogP contribution in [0.4, 0.5) is 0 Å². The minimum Gasteiger partial charge on any atom is -0.455 e. The Morgan fingerprint density at radius 3 is 2.17 bits per heavy atom. The molecule has 0 aliphatic heterocycles. The number of esters is 1. The van der Waals surface area contributed by atoms with Crippen LogP contribution in [0.2, 0.25) is 0 Å². The van der Waals surface area contributed by atoms with Crippen LogP contribution in [0.1, 0.15) is 0 Å². The smallest absolute Gasteiger partial charge is 0.375 e. The van der Waals surface area contributed by atoms with Crippen molar-refractivity contribution < 1.29 is 14.3 Å². The Hall–Kier alpha value is 0.490. The molecule has 0 radical (unpaired) electrons. The van der Waals surface area contributed by atoms with Crippen LogP contribution in [0.25, 0.3) is 0 Å². The minimum atomic E-state index is -1.68. The van der Waals surface area contributed by atoms with Gasteiger partial charge in [0.15, 0.2) is 0 Å². The molecule has 0 aliphatic carbocycles. The second-order valence-electron chi connectivity index (χ2n) is 1.75. The molecule has 0 atom stereocenters. The molecule has 0 saturated carbocycles. The van der Waals surface area contributed by atoms with Crippen LogP contribution >= 0.6 is 50.7 Å². The van der Waals surface area contributed by atoms with Crippen molar-refractivity contribution in [1.29, 1.82) is 0 Å². The number of ketones is 1. The van der Waals surface area contributed by atoms with Crippen LogP contribution < -0.4 is 0 Å². The van der Waals surface area contributed by atoms with Gasteiger partial charge < -0.3 is 4.74 Å². The molecule has 0 bridgehead atoms. The van der Waals surface area contributed by atoms with Crippen molar-refractivity contribution in [2.45, 2.75) is 3.79 Å². The molecule has 0 aromatic heterocycles. The number of hydrogen-bond acceptors (Lipinski definition) is 3. The van der Waals surface area contributed by atoms with E-state index in [1.807, 2.05) is 0 Å². The Morgan fingerprint density at radius 1 is 1.33 bits per heavy atom. The van der Waals surface area contributed by atoms with Crippen LogP contribution in [0.15, 0.2) is 0 Å². The van der Waals surface area contributed by atoms with E-state index >= 15 is 0 Å². The van der Waals surface area contributed by atoms with Crippen molar-refractivity contribution in [3.05, 3.63) is 0 Å². The van der Waals surface area contributed by atoms with Gasteiger partial charge in [0.25, 0.3) is 0 Å². The standard InChI is InChI=1S/C5H4BrCl3O3/c6-1-3(10)4(11)12-2-5(7,8)9/h1-2H2. The monoisotopic (exact) mass is 296 g/mol. The van der Waals surface area contributed by atoms with E-state index in [1.165, 1.54) is 0 Å². The third-order valence-corrected chi connectivity index (χ3v) is 1.55. The molecule has 0 fully saturated rings. The van der Waals surface area contributed by atoms with E-state index in [9.17, 15) is 9.59 Å². The topological polar surface area (TPSA) is 43.4 Å². The van der Waals surface area contributed by atoms with Crippen molar-refractivity contribution in [1.82, 2.24) is 0 Å². The molecule has 0 rings (SSSR count). The average Bonchev–Trinajstić information content (AvgIpc) is 1.97. The van der Waals surface area contributed by atoms with Crippen molar-refractivity contribution in [2.75, 3.05) is 11.9 Å². The number of carbonyl (C=O) groups is 2. The van der Waals surface area contributed by atoms with Gasteiger partial charge in [0.1, 0.15) is 6.61 Å². The first-order valence-corrected chi connectivity index (χ1v) is 4.95. The highest BCUT2D eigenvalue weighted by Gasteiger charge is 2.24. The predicted octanol–water partition coefficient (Wildman–Crippen LogP) is 1.86. The van der Waals surface area contributed by atoms with E-state index in [1.54, 1.807) is 0 Å². The molecule has 0 amide bonds. The molecule has 70 valence electrons. The lowest BCUT2D eigenvalue weighted by Gasteiger charge is -2.09. The number of rotatable bonds is 3. The quantitative estimate of drug-likeness (QED) is 0.454. The first-order chi connectivity index (χ1) is 5.37. The van der Waals surface area contributed by atoms with Crippen LogP contribution in [0.5, 0.6) is 0 Å². The van der Waals surface area contributed by atoms with E-state index < -0.39 is 22.2 Å². The summed E-state index contributed by atoms with van der Waals surface area (Å²) < 4.78 is 2.67. The fourth-order valence-electron chi connectivity index (χ4n) is 0.282. The summed E-state index contributed by atoms with van der Waals surface area (Å²) in [5.41, 5.74) is 0. The largest absolute Gasteiger partial charge is 0.455 e. The Bertz CT molecular complexity index is 189.